The lowest BCUT2D eigenvalue weighted by molar-refractivity contribution is -0.128. The van der Waals surface area contributed by atoms with Gasteiger partial charge in [-0.25, -0.2) is 4.99 Å². The van der Waals surface area contributed by atoms with Gasteiger partial charge in [-0.3, -0.25) is 14.5 Å². The third-order valence-corrected chi connectivity index (χ3v) is 6.05. The Kier molecular flexibility index (Phi) is 7.53. The van der Waals surface area contributed by atoms with E-state index in [1.165, 1.54) is 11.8 Å². The third kappa shape index (κ3) is 5.62. The molecule has 8 heteroatoms. The number of halogens is 1. The molecule has 1 aliphatic rings. The van der Waals surface area contributed by atoms with Crippen LogP contribution in [0.2, 0.25) is 5.02 Å². The van der Waals surface area contributed by atoms with E-state index in [0.29, 0.717) is 29.0 Å². The molecule has 1 N–H and O–H groups in total. The van der Waals surface area contributed by atoms with Crippen molar-refractivity contribution in [3.8, 4) is 0 Å². The van der Waals surface area contributed by atoms with Crippen molar-refractivity contribution in [2.75, 3.05) is 25.6 Å². The summed E-state index contributed by atoms with van der Waals surface area (Å²) in [6.07, 6.45) is 0.0570. The molecule has 1 atom stereocenters. The number of aliphatic imine (C=N–C) groups is 1. The van der Waals surface area contributed by atoms with Crippen molar-refractivity contribution in [1.82, 2.24) is 4.90 Å². The van der Waals surface area contributed by atoms with Crippen LogP contribution in [0.15, 0.2) is 47.5 Å². The van der Waals surface area contributed by atoms with E-state index in [-0.39, 0.29) is 18.2 Å². The lowest BCUT2D eigenvalue weighted by atomic mass is 10.1. The number of ether oxygens (including phenoxy) is 1. The fourth-order valence-electron chi connectivity index (χ4n) is 2.97. The highest BCUT2D eigenvalue weighted by Gasteiger charge is 2.39. The van der Waals surface area contributed by atoms with Gasteiger partial charge < -0.3 is 10.1 Å². The van der Waals surface area contributed by atoms with E-state index in [2.05, 4.69) is 5.32 Å². The van der Waals surface area contributed by atoms with Gasteiger partial charge in [0.15, 0.2) is 5.17 Å². The summed E-state index contributed by atoms with van der Waals surface area (Å²) in [7, 11) is 1.59. The highest BCUT2D eigenvalue weighted by atomic mass is 35.5. The molecule has 0 radical (unpaired) electrons. The van der Waals surface area contributed by atoms with Crippen molar-refractivity contribution in [3.05, 3.63) is 58.6 Å². The number of hydrogen-bond acceptors (Lipinski definition) is 5. The van der Waals surface area contributed by atoms with Gasteiger partial charge in [0.05, 0.1) is 18.8 Å². The molecular weight excluding hydrogens is 422 g/mol. The lowest BCUT2D eigenvalue weighted by Gasteiger charge is -2.16. The zero-order valence-electron chi connectivity index (χ0n) is 17.1. The summed E-state index contributed by atoms with van der Waals surface area (Å²) >= 11 is 7.19. The summed E-state index contributed by atoms with van der Waals surface area (Å²) in [5, 5.41) is 3.47. The van der Waals surface area contributed by atoms with E-state index in [9.17, 15) is 9.59 Å². The minimum Gasteiger partial charge on any atom is -0.383 e. The maximum absolute atomic E-state index is 13.0. The molecule has 0 aromatic heterocycles. The minimum atomic E-state index is -0.530. The van der Waals surface area contributed by atoms with Crippen molar-refractivity contribution >= 4 is 51.7 Å². The smallest absolute Gasteiger partial charge is 0.242 e. The topological polar surface area (TPSA) is 71.0 Å². The molecule has 2 aromatic carbocycles. The number of amides is 2. The highest BCUT2D eigenvalue weighted by molar-refractivity contribution is 8.15. The van der Waals surface area contributed by atoms with Crippen LogP contribution in [0.25, 0.3) is 0 Å². The molecule has 1 saturated heterocycles. The summed E-state index contributed by atoms with van der Waals surface area (Å²) in [5.41, 5.74) is 3.58. The predicted molar refractivity (Wildman–Crippen MR) is 123 cm³/mol. The Balaban J connectivity index is 1.76. The number of rotatable bonds is 7. The first-order valence-corrected chi connectivity index (χ1v) is 10.8. The average Bonchev–Trinajstić information content (AvgIpc) is 2.99. The van der Waals surface area contributed by atoms with Crippen LogP contribution in [0.4, 0.5) is 11.4 Å². The van der Waals surface area contributed by atoms with Crippen LogP contribution >= 0.6 is 23.4 Å². The first-order valence-electron chi connectivity index (χ1n) is 9.55. The molecule has 1 heterocycles. The molecule has 2 amide bonds. The number of nitrogens with one attached hydrogen (secondary N) is 1. The van der Waals surface area contributed by atoms with Crippen LogP contribution < -0.4 is 5.32 Å². The van der Waals surface area contributed by atoms with Gasteiger partial charge in [0, 0.05) is 24.2 Å². The van der Waals surface area contributed by atoms with Crippen molar-refractivity contribution in [1.29, 1.82) is 0 Å². The Morgan fingerprint density at radius 3 is 2.67 bits per heavy atom. The quantitative estimate of drug-likeness (QED) is 0.678. The molecule has 1 unspecified atom stereocenters. The summed E-state index contributed by atoms with van der Waals surface area (Å²) in [6, 6.07) is 12.9. The van der Waals surface area contributed by atoms with Gasteiger partial charge in [-0.2, -0.15) is 0 Å². The van der Waals surface area contributed by atoms with Crippen LogP contribution in [-0.4, -0.2) is 47.4 Å². The lowest BCUT2D eigenvalue weighted by Crippen LogP contribution is -2.35. The molecule has 2 aromatic rings. The van der Waals surface area contributed by atoms with Crippen molar-refractivity contribution in [3.63, 3.8) is 0 Å². The fourth-order valence-corrected chi connectivity index (χ4v) is 4.27. The Morgan fingerprint density at radius 2 is 1.97 bits per heavy atom. The number of amidine groups is 1. The van der Waals surface area contributed by atoms with Gasteiger partial charge in [0.2, 0.25) is 11.8 Å². The summed E-state index contributed by atoms with van der Waals surface area (Å²) in [4.78, 5) is 31.8. The Bertz CT molecular complexity index is 963. The molecular formula is C22H24ClN3O3S. The molecule has 3 rings (SSSR count). The fraction of sp³-hybridized carbons (Fsp3) is 0.318. The van der Waals surface area contributed by atoms with Gasteiger partial charge >= 0.3 is 0 Å². The first-order chi connectivity index (χ1) is 14.4. The van der Waals surface area contributed by atoms with E-state index in [4.69, 9.17) is 21.3 Å². The second-order valence-corrected chi connectivity index (χ2v) is 8.64. The number of thioether (sulfide) groups is 1. The number of benzene rings is 2. The van der Waals surface area contributed by atoms with E-state index in [0.717, 1.165) is 16.8 Å². The second kappa shape index (κ2) is 10.1. The standard InChI is InChI=1S/C22H24ClN3O3S/c1-14-4-5-15(2)18(12-14)25-22-26(10-11-29-3)21(28)19(30-22)13-20(27)24-17-8-6-16(23)7-9-17/h4-9,12,19H,10-11,13H2,1-3H3,(H,24,27). The second-order valence-electron chi connectivity index (χ2n) is 7.03. The number of nitrogens with zero attached hydrogens (tertiary/aromatic N) is 2. The van der Waals surface area contributed by atoms with Crippen molar-refractivity contribution in [2.24, 2.45) is 4.99 Å². The largest absolute Gasteiger partial charge is 0.383 e. The third-order valence-electron chi connectivity index (χ3n) is 4.62. The minimum absolute atomic E-state index is 0.0570. The van der Waals surface area contributed by atoms with Gasteiger partial charge in [-0.1, -0.05) is 35.5 Å². The van der Waals surface area contributed by atoms with E-state index >= 15 is 0 Å². The Hall–Kier alpha value is -2.35. The van der Waals surface area contributed by atoms with Gasteiger partial charge in [-0.15, -0.1) is 0 Å². The SMILES string of the molecule is COCCN1C(=O)C(CC(=O)Nc2ccc(Cl)cc2)SC1=Nc1cc(C)ccc1C. The predicted octanol–water partition coefficient (Wildman–Crippen LogP) is 4.56. The number of methoxy groups -OCH3 is 1. The van der Waals surface area contributed by atoms with Crippen molar-refractivity contribution in [2.45, 2.75) is 25.5 Å². The molecule has 1 aliphatic heterocycles. The van der Waals surface area contributed by atoms with Gasteiger partial charge in [0.25, 0.3) is 0 Å². The van der Waals surface area contributed by atoms with Crippen molar-refractivity contribution < 1.29 is 14.3 Å². The number of aryl methyl sites for hydroxylation is 2. The maximum Gasteiger partial charge on any atom is 0.242 e. The normalized spacial score (nSPS) is 17.6. The molecule has 1 fully saturated rings. The van der Waals surface area contributed by atoms with Crippen LogP contribution in [0.3, 0.4) is 0 Å². The Labute approximate surface area is 185 Å². The van der Waals surface area contributed by atoms with Gasteiger partial charge in [-0.05, 0) is 55.3 Å². The summed E-state index contributed by atoms with van der Waals surface area (Å²) in [6.45, 7) is 4.77. The molecule has 0 bridgehead atoms. The number of anilines is 1. The molecule has 6 nitrogen and oxygen atoms in total. The molecule has 158 valence electrons. The molecule has 0 spiro atoms. The zero-order valence-corrected chi connectivity index (χ0v) is 18.7. The summed E-state index contributed by atoms with van der Waals surface area (Å²) < 4.78 is 5.15. The van der Waals surface area contributed by atoms with E-state index in [1.54, 1.807) is 36.3 Å². The number of carbonyl (C=O) groups is 2. The van der Waals surface area contributed by atoms with Gasteiger partial charge in [0.1, 0.15) is 5.25 Å². The Morgan fingerprint density at radius 1 is 1.23 bits per heavy atom. The van der Waals surface area contributed by atoms with E-state index in [1.807, 2.05) is 32.0 Å². The number of hydrogen-bond donors (Lipinski definition) is 1. The van der Waals surface area contributed by atoms with E-state index < -0.39 is 5.25 Å². The molecule has 0 saturated carbocycles. The van der Waals surface area contributed by atoms with Crippen LogP contribution in [0, 0.1) is 13.8 Å². The highest BCUT2D eigenvalue weighted by Crippen LogP contribution is 2.33. The van der Waals surface area contributed by atoms with Crippen LogP contribution in [0.5, 0.6) is 0 Å². The number of carbonyl (C=O) groups excluding carboxylic acids is 2. The first kappa shape index (κ1) is 22.3. The molecule has 30 heavy (non-hydrogen) atoms. The average molecular weight is 446 g/mol. The summed E-state index contributed by atoms with van der Waals surface area (Å²) in [5.74, 6) is -0.366. The zero-order chi connectivity index (χ0) is 21.7. The van der Waals surface area contributed by atoms with Crippen LogP contribution in [0.1, 0.15) is 17.5 Å². The monoisotopic (exact) mass is 445 g/mol. The maximum atomic E-state index is 13.0. The van der Waals surface area contributed by atoms with Crippen LogP contribution in [-0.2, 0) is 14.3 Å². The molecule has 0 aliphatic carbocycles.